The summed E-state index contributed by atoms with van der Waals surface area (Å²) in [6.45, 7) is 4.98. The topological polar surface area (TPSA) is 55.6 Å². The van der Waals surface area contributed by atoms with Crippen LogP contribution in [0.3, 0.4) is 0 Å². The molecular formula is C21H28Cl2N2O2. The lowest BCUT2D eigenvalue weighted by atomic mass is 9.80. The number of carbonyl (C=O) groups is 1. The van der Waals surface area contributed by atoms with E-state index in [2.05, 4.69) is 11.0 Å². The number of hydrogen-bond acceptors (Lipinski definition) is 4. The van der Waals surface area contributed by atoms with Gasteiger partial charge in [-0.25, -0.2) is 0 Å². The van der Waals surface area contributed by atoms with Gasteiger partial charge in [0.25, 0.3) is 0 Å². The predicted octanol–water partition coefficient (Wildman–Crippen LogP) is 4.40. The van der Waals surface area contributed by atoms with Crippen molar-refractivity contribution >= 4 is 29.2 Å². The summed E-state index contributed by atoms with van der Waals surface area (Å²) in [5, 5.41) is 1.33. The summed E-state index contributed by atoms with van der Waals surface area (Å²) in [5.41, 5.74) is 8.93. The van der Waals surface area contributed by atoms with E-state index in [1.54, 1.807) is 6.07 Å². The monoisotopic (exact) mass is 410 g/mol. The van der Waals surface area contributed by atoms with Gasteiger partial charge in [-0.15, -0.1) is 0 Å². The van der Waals surface area contributed by atoms with Gasteiger partial charge in [0, 0.05) is 35.1 Å². The Morgan fingerprint density at radius 2 is 2.19 bits per heavy atom. The fraction of sp³-hybridized carbons (Fsp3) is 0.571. The molecule has 1 aromatic rings. The van der Waals surface area contributed by atoms with Crippen molar-refractivity contribution in [3.63, 3.8) is 0 Å². The minimum absolute atomic E-state index is 0.00261. The molecule has 1 saturated heterocycles. The lowest BCUT2D eigenvalue weighted by molar-refractivity contribution is -0.149. The standard InChI is InChI=1S/C21H28Cl2N2O2/c1-2-27-21(26)15-4-3-9-25(13-15)12-14-5-7-18(20(24)10-14)17-8-6-16(22)11-19(17)23/h5-6,8,11,15,18,20H,2-4,7,9-10,12-13,24H2,1H3/t15-,18+,20-/m1/s1. The molecule has 2 aliphatic rings. The van der Waals surface area contributed by atoms with E-state index in [1.165, 1.54) is 5.57 Å². The van der Waals surface area contributed by atoms with Crippen molar-refractivity contribution < 1.29 is 9.53 Å². The molecule has 27 heavy (non-hydrogen) atoms. The molecule has 4 nitrogen and oxygen atoms in total. The number of esters is 1. The maximum absolute atomic E-state index is 12.0. The fourth-order valence-corrected chi connectivity index (χ4v) is 4.77. The van der Waals surface area contributed by atoms with Crippen LogP contribution in [0.1, 0.15) is 44.1 Å². The summed E-state index contributed by atoms with van der Waals surface area (Å²) in [7, 11) is 0. The zero-order valence-electron chi connectivity index (χ0n) is 15.8. The second-order valence-electron chi connectivity index (χ2n) is 7.56. The number of ether oxygens (including phenoxy) is 1. The highest BCUT2D eigenvalue weighted by molar-refractivity contribution is 6.35. The maximum atomic E-state index is 12.0. The number of allylic oxidation sites excluding steroid dienone is 1. The molecule has 148 valence electrons. The zero-order chi connectivity index (χ0) is 19.4. The average molecular weight is 411 g/mol. The zero-order valence-corrected chi connectivity index (χ0v) is 17.3. The number of halogens is 2. The van der Waals surface area contributed by atoms with E-state index in [0.29, 0.717) is 16.7 Å². The molecular weight excluding hydrogens is 383 g/mol. The van der Waals surface area contributed by atoms with Crippen molar-refractivity contribution in [2.24, 2.45) is 11.7 Å². The number of hydrogen-bond donors (Lipinski definition) is 1. The molecule has 3 atom stereocenters. The molecule has 6 heteroatoms. The van der Waals surface area contributed by atoms with Crippen molar-refractivity contribution in [2.45, 2.75) is 44.6 Å². The molecule has 1 fully saturated rings. The molecule has 3 rings (SSSR count). The second kappa shape index (κ2) is 9.42. The van der Waals surface area contributed by atoms with Crippen LogP contribution in [-0.2, 0) is 9.53 Å². The van der Waals surface area contributed by atoms with Crippen LogP contribution in [0.25, 0.3) is 0 Å². The second-order valence-corrected chi connectivity index (χ2v) is 8.41. The molecule has 2 N–H and O–H groups in total. The summed E-state index contributed by atoms with van der Waals surface area (Å²) < 4.78 is 5.20. The third kappa shape index (κ3) is 5.26. The maximum Gasteiger partial charge on any atom is 0.310 e. The van der Waals surface area contributed by atoms with Crippen LogP contribution in [-0.4, -0.2) is 43.2 Å². The van der Waals surface area contributed by atoms with Crippen molar-refractivity contribution in [3.05, 3.63) is 45.5 Å². The molecule has 0 unspecified atom stereocenters. The van der Waals surface area contributed by atoms with Gasteiger partial charge in [-0.3, -0.25) is 9.69 Å². The number of likely N-dealkylation sites (tertiary alicyclic amines) is 1. The van der Waals surface area contributed by atoms with Gasteiger partial charge in [0.2, 0.25) is 0 Å². The van der Waals surface area contributed by atoms with E-state index in [9.17, 15) is 4.79 Å². The van der Waals surface area contributed by atoms with Gasteiger partial charge >= 0.3 is 5.97 Å². The summed E-state index contributed by atoms with van der Waals surface area (Å²) in [4.78, 5) is 14.4. The van der Waals surface area contributed by atoms with E-state index in [0.717, 1.165) is 50.9 Å². The summed E-state index contributed by atoms with van der Waals surface area (Å²) in [6, 6.07) is 5.68. The largest absolute Gasteiger partial charge is 0.466 e. The molecule has 0 spiro atoms. The third-order valence-electron chi connectivity index (χ3n) is 5.59. The Labute approximate surface area is 171 Å². The average Bonchev–Trinajstić information content (AvgIpc) is 2.63. The van der Waals surface area contributed by atoms with Crippen molar-refractivity contribution in [1.29, 1.82) is 0 Å². The Morgan fingerprint density at radius 3 is 2.89 bits per heavy atom. The number of piperidine rings is 1. The minimum atomic E-state index is -0.0611. The quantitative estimate of drug-likeness (QED) is 0.577. The summed E-state index contributed by atoms with van der Waals surface area (Å²) >= 11 is 12.4. The Balaban J connectivity index is 1.61. The number of benzene rings is 1. The van der Waals surface area contributed by atoms with Crippen LogP contribution < -0.4 is 5.73 Å². The minimum Gasteiger partial charge on any atom is -0.466 e. The van der Waals surface area contributed by atoms with E-state index in [-0.39, 0.29) is 23.8 Å². The first kappa shape index (κ1) is 20.7. The Bertz CT molecular complexity index is 707. The smallest absolute Gasteiger partial charge is 0.310 e. The van der Waals surface area contributed by atoms with E-state index in [1.807, 2.05) is 19.1 Å². The van der Waals surface area contributed by atoms with Gasteiger partial charge in [-0.05, 0) is 56.8 Å². The predicted molar refractivity (Wildman–Crippen MR) is 110 cm³/mol. The van der Waals surface area contributed by atoms with Gasteiger partial charge in [0.15, 0.2) is 0 Å². The fourth-order valence-electron chi connectivity index (χ4n) is 4.22. The first-order chi connectivity index (χ1) is 13.0. The van der Waals surface area contributed by atoms with Crippen LogP contribution >= 0.6 is 23.2 Å². The first-order valence-corrected chi connectivity index (χ1v) is 10.5. The Kier molecular flexibility index (Phi) is 7.21. The summed E-state index contributed by atoms with van der Waals surface area (Å²) in [5.74, 6) is 0.151. The van der Waals surface area contributed by atoms with E-state index >= 15 is 0 Å². The third-order valence-corrected chi connectivity index (χ3v) is 6.15. The molecule has 0 aromatic heterocycles. The normalized spacial score (nSPS) is 26.5. The Hall–Kier alpha value is -1.07. The SMILES string of the molecule is CCOC(=O)[C@@H]1CCCN(CC2=CC[C@@H](c3ccc(Cl)cc3Cl)[C@H](N)C2)C1. The summed E-state index contributed by atoms with van der Waals surface area (Å²) in [6.07, 6.45) is 5.99. The highest BCUT2D eigenvalue weighted by atomic mass is 35.5. The van der Waals surface area contributed by atoms with Gasteiger partial charge in [-0.2, -0.15) is 0 Å². The van der Waals surface area contributed by atoms with E-state index in [4.69, 9.17) is 33.7 Å². The molecule has 0 radical (unpaired) electrons. The van der Waals surface area contributed by atoms with E-state index < -0.39 is 0 Å². The molecule has 1 aromatic carbocycles. The number of nitrogens with two attached hydrogens (primary N) is 1. The molecule has 1 heterocycles. The number of carbonyl (C=O) groups excluding carboxylic acids is 1. The highest BCUT2D eigenvalue weighted by Crippen LogP contribution is 2.36. The van der Waals surface area contributed by atoms with Gasteiger partial charge < -0.3 is 10.5 Å². The van der Waals surface area contributed by atoms with Crippen LogP contribution in [0.5, 0.6) is 0 Å². The van der Waals surface area contributed by atoms with Crippen molar-refractivity contribution in [2.75, 3.05) is 26.2 Å². The molecule has 1 aliphatic carbocycles. The molecule has 1 aliphatic heterocycles. The number of nitrogens with zero attached hydrogens (tertiary/aromatic N) is 1. The number of rotatable bonds is 5. The van der Waals surface area contributed by atoms with Crippen LogP contribution in [0.2, 0.25) is 10.0 Å². The lowest BCUT2D eigenvalue weighted by Gasteiger charge is -2.35. The molecule has 0 bridgehead atoms. The van der Waals surface area contributed by atoms with Gasteiger partial charge in [0.05, 0.1) is 12.5 Å². The van der Waals surface area contributed by atoms with Crippen LogP contribution in [0, 0.1) is 5.92 Å². The van der Waals surface area contributed by atoms with Gasteiger partial charge in [-0.1, -0.05) is 40.9 Å². The van der Waals surface area contributed by atoms with Crippen LogP contribution in [0.4, 0.5) is 0 Å². The lowest BCUT2D eigenvalue weighted by Crippen LogP contribution is -2.41. The molecule has 0 amide bonds. The Morgan fingerprint density at radius 1 is 1.37 bits per heavy atom. The van der Waals surface area contributed by atoms with Crippen molar-refractivity contribution in [1.82, 2.24) is 4.90 Å². The molecule has 0 saturated carbocycles. The van der Waals surface area contributed by atoms with Crippen molar-refractivity contribution in [3.8, 4) is 0 Å². The van der Waals surface area contributed by atoms with Gasteiger partial charge in [0.1, 0.15) is 0 Å². The van der Waals surface area contributed by atoms with Crippen LogP contribution in [0.15, 0.2) is 29.8 Å². The highest BCUT2D eigenvalue weighted by Gasteiger charge is 2.30. The first-order valence-electron chi connectivity index (χ1n) is 9.75.